The summed E-state index contributed by atoms with van der Waals surface area (Å²) < 4.78 is 29.9. The molecule has 7 N–H and O–H groups in total. The van der Waals surface area contributed by atoms with Crippen LogP contribution in [-0.2, 0) is 10.1 Å². The Hall–Kier alpha value is -0.330. The van der Waals surface area contributed by atoms with Gasteiger partial charge in [-0.1, -0.05) is 0 Å². The Morgan fingerprint density at radius 1 is 1.12 bits per heavy atom. The van der Waals surface area contributed by atoms with E-state index in [1.807, 2.05) is 0 Å². The average molecular weight is 262 g/mol. The van der Waals surface area contributed by atoms with E-state index in [-0.39, 0.29) is 0 Å². The van der Waals surface area contributed by atoms with E-state index in [4.69, 9.17) is 25.0 Å². The summed E-state index contributed by atoms with van der Waals surface area (Å²) in [5.74, 6) is 0. The molecule has 0 bridgehead atoms. The van der Waals surface area contributed by atoms with Gasteiger partial charge in [0.2, 0.25) is 4.93 Å². The first kappa shape index (κ1) is 15.7. The SMILES string of the molecule is O=S(=O)(O)C(O)(CO)C(O)C(O)C(O)CO. The van der Waals surface area contributed by atoms with Gasteiger partial charge in [-0.3, -0.25) is 4.55 Å². The highest BCUT2D eigenvalue weighted by Crippen LogP contribution is 2.21. The highest BCUT2D eigenvalue weighted by atomic mass is 32.2. The molecule has 0 saturated carbocycles. The van der Waals surface area contributed by atoms with Crippen molar-refractivity contribution in [3.05, 3.63) is 0 Å². The molecule has 4 unspecified atom stereocenters. The number of aliphatic hydroxyl groups is 6. The van der Waals surface area contributed by atoms with Crippen molar-refractivity contribution in [3.63, 3.8) is 0 Å². The monoisotopic (exact) mass is 262 g/mol. The minimum absolute atomic E-state index is 1.02. The summed E-state index contributed by atoms with van der Waals surface area (Å²) in [7, 11) is -5.30. The lowest BCUT2D eigenvalue weighted by Gasteiger charge is -2.32. The van der Waals surface area contributed by atoms with E-state index in [0.29, 0.717) is 0 Å². The zero-order valence-corrected chi connectivity index (χ0v) is 8.82. The van der Waals surface area contributed by atoms with E-state index in [0.717, 1.165) is 0 Å². The van der Waals surface area contributed by atoms with Crippen LogP contribution < -0.4 is 0 Å². The molecule has 0 aromatic carbocycles. The number of hydrogen-bond donors (Lipinski definition) is 7. The van der Waals surface area contributed by atoms with E-state index < -0.39 is 46.6 Å². The molecule has 0 aliphatic heterocycles. The Balaban J connectivity index is 5.14. The van der Waals surface area contributed by atoms with Crippen LogP contribution in [0, 0.1) is 0 Å². The van der Waals surface area contributed by atoms with Gasteiger partial charge in [-0.2, -0.15) is 8.42 Å². The third-order valence-corrected chi connectivity index (χ3v) is 3.30. The Morgan fingerprint density at radius 3 is 1.81 bits per heavy atom. The summed E-state index contributed by atoms with van der Waals surface area (Å²) in [6.07, 6.45) is -6.83. The zero-order chi connectivity index (χ0) is 13.1. The maximum Gasteiger partial charge on any atom is 0.300 e. The lowest BCUT2D eigenvalue weighted by Crippen LogP contribution is -2.59. The van der Waals surface area contributed by atoms with Gasteiger partial charge in [0.15, 0.2) is 0 Å². The van der Waals surface area contributed by atoms with Gasteiger partial charge in [-0.05, 0) is 0 Å². The number of hydrogen-bond acceptors (Lipinski definition) is 8. The Morgan fingerprint density at radius 2 is 1.56 bits per heavy atom. The molecule has 0 aromatic rings. The fourth-order valence-electron chi connectivity index (χ4n) is 0.913. The third-order valence-electron chi connectivity index (χ3n) is 2.04. The number of aliphatic hydroxyl groups excluding tert-OH is 5. The van der Waals surface area contributed by atoms with Crippen molar-refractivity contribution < 1.29 is 43.6 Å². The van der Waals surface area contributed by atoms with Crippen molar-refractivity contribution in [2.45, 2.75) is 23.2 Å². The summed E-state index contributed by atoms with van der Waals surface area (Å²) in [5.41, 5.74) is 0. The average Bonchev–Trinajstić information content (AvgIpc) is 2.22. The smallest absolute Gasteiger partial charge is 0.300 e. The first-order valence-corrected chi connectivity index (χ1v) is 5.51. The van der Waals surface area contributed by atoms with Crippen molar-refractivity contribution in [3.8, 4) is 0 Å². The Bertz CT molecular complexity index is 314. The van der Waals surface area contributed by atoms with Crippen LogP contribution in [0.3, 0.4) is 0 Å². The van der Waals surface area contributed by atoms with E-state index in [9.17, 15) is 18.6 Å². The summed E-state index contributed by atoms with van der Waals surface area (Å²) in [4.78, 5) is -3.44. The van der Waals surface area contributed by atoms with E-state index >= 15 is 0 Å². The van der Waals surface area contributed by atoms with Gasteiger partial charge in [0.25, 0.3) is 10.1 Å². The van der Waals surface area contributed by atoms with E-state index in [1.54, 1.807) is 0 Å². The van der Waals surface area contributed by atoms with E-state index in [2.05, 4.69) is 0 Å². The lowest BCUT2D eigenvalue weighted by atomic mass is 10.0. The topological polar surface area (TPSA) is 176 Å². The van der Waals surface area contributed by atoms with Crippen molar-refractivity contribution in [1.82, 2.24) is 0 Å². The standard InChI is InChI=1S/C6H14O9S/c7-1-3(9)4(10)5(11)6(12,2-8)16(13,14)15/h3-5,7-12H,1-2H2,(H,13,14,15). The van der Waals surface area contributed by atoms with Gasteiger partial charge in [0.05, 0.1) is 13.2 Å². The molecule has 10 heteroatoms. The van der Waals surface area contributed by atoms with Crippen molar-refractivity contribution in [1.29, 1.82) is 0 Å². The van der Waals surface area contributed by atoms with Crippen molar-refractivity contribution in [2.75, 3.05) is 13.2 Å². The Labute approximate surface area is 91.0 Å². The first-order chi connectivity index (χ1) is 7.11. The molecule has 0 spiro atoms. The van der Waals surface area contributed by atoms with Crippen LogP contribution in [0.4, 0.5) is 0 Å². The largest absolute Gasteiger partial charge is 0.394 e. The fourth-order valence-corrected chi connectivity index (χ4v) is 1.52. The van der Waals surface area contributed by atoms with Gasteiger partial charge in [0.1, 0.15) is 18.3 Å². The predicted molar refractivity (Wildman–Crippen MR) is 48.7 cm³/mol. The molecular formula is C6H14O9S. The molecule has 0 aromatic heterocycles. The fraction of sp³-hybridized carbons (Fsp3) is 1.00. The maximum absolute atomic E-state index is 10.7. The maximum atomic E-state index is 10.7. The molecular weight excluding hydrogens is 248 g/mol. The van der Waals surface area contributed by atoms with E-state index in [1.165, 1.54) is 0 Å². The van der Waals surface area contributed by atoms with Crippen LogP contribution in [0.15, 0.2) is 0 Å². The van der Waals surface area contributed by atoms with Crippen LogP contribution in [0.5, 0.6) is 0 Å². The van der Waals surface area contributed by atoms with Crippen LogP contribution in [0.2, 0.25) is 0 Å². The molecule has 98 valence electrons. The molecule has 16 heavy (non-hydrogen) atoms. The van der Waals surface area contributed by atoms with Gasteiger partial charge >= 0.3 is 0 Å². The molecule has 4 atom stereocenters. The second-order valence-electron chi connectivity index (χ2n) is 3.16. The third kappa shape index (κ3) is 2.87. The summed E-state index contributed by atoms with van der Waals surface area (Å²) in [6.45, 7) is -2.63. The van der Waals surface area contributed by atoms with Crippen LogP contribution >= 0.6 is 0 Å². The normalized spacial score (nSPS) is 22.2. The molecule has 0 heterocycles. The highest BCUT2D eigenvalue weighted by molar-refractivity contribution is 7.87. The molecule has 0 amide bonds. The molecule has 0 rings (SSSR count). The molecule has 0 fully saturated rings. The van der Waals surface area contributed by atoms with Gasteiger partial charge in [-0.25, -0.2) is 0 Å². The minimum atomic E-state index is -5.30. The van der Waals surface area contributed by atoms with Crippen LogP contribution in [0.25, 0.3) is 0 Å². The van der Waals surface area contributed by atoms with Gasteiger partial charge in [-0.15, -0.1) is 0 Å². The molecule has 9 nitrogen and oxygen atoms in total. The second-order valence-corrected chi connectivity index (χ2v) is 4.82. The van der Waals surface area contributed by atoms with Gasteiger partial charge < -0.3 is 30.6 Å². The summed E-state index contributed by atoms with van der Waals surface area (Å²) in [5, 5.41) is 53.5. The molecule has 0 saturated heterocycles. The van der Waals surface area contributed by atoms with Crippen molar-refractivity contribution >= 4 is 10.1 Å². The van der Waals surface area contributed by atoms with Crippen LogP contribution in [-0.4, -0.2) is 80.1 Å². The molecule has 0 aliphatic carbocycles. The first-order valence-electron chi connectivity index (χ1n) is 4.07. The number of rotatable bonds is 6. The highest BCUT2D eigenvalue weighted by Gasteiger charge is 2.51. The van der Waals surface area contributed by atoms with Crippen LogP contribution in [0.1, 0.15) is 0 Å². The van der Waals surface area contributed by atoms with Gasteiger partial charge in [0, 0.05) is 0 Å². The summed E-state index contributed by atoms with van der Waals surface area (Å²) >= 11 is 0. The minimum Gasteiger partial charge on any atom is -0.394 e. The quantitative estimate of drug-likeness (QED) is 0.233. The molecule has 0 aliphatic rings. The zero-order valence-electron chi connectivity index (χ0n) is 8.00. The summed E-state index contributed by atoms with van der Waals surface area (Å²) in [6, 6.07) is 0. The van der Waals surface area contributed by atoms with Crippen molar-refractivity contribution in [2.24, 2.45) is 0 Å². The molecule has 0 radical (unpaired) electrons. The predicted octanol–water partition coefficient (Wildman–Crippen LogP) is -4.37. The Kier molecular flexibility index (Phi) is 5.22. The second kappa shape index (κ2) is 5.33. The lowest BCUT2D eigenvalue weighted by molar-refractivity contribution is -0.141.